The Bertz CT molecular complexity index is 786. The van der Waals surface area contributed by atoms with Gasteiger partial charge in [0.2, 0.25) is 0 Å². The van der Waals surface area contributed by atoms with Crippen molar-refractivity contribution in [1.82, 2.24) is 4.98 Å². The standard InChI is InChI=1S/C22H28N2/c1-3-16(2)18-12-13-21-20(15-18)19(11-7-8-14-23)22(24-21)17-9-5-4-6-10-17/h4-6,9-10,12-13,15-16,24H,3,7-8,11,14,23H2,1-2H3. The van der Waals surface area contributed by atoms with Crippen LogP contribution in [0.15, 0.2) is 48.5 Å². The number of rotatable bonds is 7. The second-order valence-electron chi connectivity index (χ2n) is 6.70. The summed E-state index contributed by atoms with van der Waals surface area (Å²) in [6.07, 6.45) is 4.46. The van der Waals surface area contributed by atoms with Crippen LogP contribution in [0.4, 0.5) is 0 Å². The number of unbranched alkanes of at least 4 members (excludes halogenated alkanes) is 1. The van der Waals surface area contributed by atoms with Gasteiger partial charge in [-0.2, -0.15) is 0 Å². The third-order valence-corrected chi connectivity index (χ3v) is 5.05. The van der Waals surface area contributed by atoms with Crippen LogP contribution < -0.4 is 5.73 Å². The molecule has 3 aromatic rings. The number of H-pyrrole nitrogens is 1. The highest BCUT2D eigenvalue weighted by molar-refractivity contribution is 5.91. The Hall–Kier alpha value is -2.06. The van der Waals surface area contributed by atoms with Crippen molar-refractivity contribution in [3.05, 3.63) is 59.7 Å². The molecule has 0 aliphatic heterocycles. The molecule has 0 saturated heterocycles. The number of hydrogen-bond donors (Lipinski definition) is 2. The summed E-state index contributed by atoms with van der Waals surface area (Å²) in [5.41, 5.74) is 12.3. The molecule has 2 aromatic carbocycles. The second kappa shape index (κ2) is 7.67. The minimum atomic E-state index is 0.598. The largest absolute Gasteiger partial charge is 0.354 e. The predicted molar refractivity (Wildman–Crippen MR) is 104 cm³/mol. The lowest BCUT2D eigenvalue weighted by atomic mass is 9.94. The maximum absolute atomic E-state index is 5.70. The molecule has 24 heavy (non-hydrogen) atoms. The highest BCUT2D eigenvalue weighted by Crippen LogP contribution is 2.33. The van der Waals surface area contributed by atoms with Gasteiger partial charge in [0.05, 0.1) is 0 Å². The molecule has 2 nitrogen and oxygen atoms in total. The van der Waals surface area contributed by atoms with Crippen LogP contribution in [0.5, 0.6) is 0 Å². The molecule has 1 unspecified atom stereocenters. The van der Waals surface area contributed by atoms with E-state index in [4.69, 9.17) is 5.73 Å². The van der Waals surface area contributed by atoms with Gasteiger partial charge in [0.25, 0.3) is 0 Å². The van der Waals surface area contributed by atoms with Crippen molar-refractivity contribution in [2.24, 2.45) is 5.73 Å². The maximum atomic E-state index is 5.70. The van der Waals surface area contributed by atoms with Crippen molar-refractivity contribution in [2.75, 3.05) is 6.54 Å². The number of benzene rings is 2. The minimum absolute atomic E-state index is 0.598. The third kappa shape index (κ3) is 3.39. The van der Waals surface area contributed by atoms with Gasteiger partial charge in [-0.1, -0.05) is 50.2 Å². The number of aromatic nitrogens is 1. The average Bonchev–Trinajstić information content (AvgIpc) is 3.00. The van der Waals surface area contributed by atoms with Gasteiger partial charge in [-0.05, 0) is 67.0 Å². The van der Waals surface area contributed by atoms with Crippen LogP contribution in [0.3, 0.4) is 0 Å². The number of nitrogens with one attached hydrogen (secondary N) is 1. The molecule has 1 aromatic heterocycles. The summed E-state index contributed by atoms with van der Waals surface area (Å²) in [5, 5.41) is 1.38. The van der Waals surface area contributed by atoms with Gasteiger partial charge in [-0.15, -0.1) is 0 Å². The SMILES string of the molecule is CCC(C)c1ccc2[nH]c(-c3ccccc3)c(CCCCN)c2c1. The molecule has 0 saturated carbocycles. The van der Waals surface area contributed by atoms with Gasteiger partial charge in [0, 0.05) is 16.6 Å². The van der Waals surface area contributed by atoms with E-state index in [2.05, 4.69) is 67.4 Å². The smallest absolute Gasteiger partial charge is 0.0497 e. The van der Waals surface area contributed by atoms with Crippen LogP contribution in [0, 0.1) is 0 Å². The molecule has 0 bridgehead atoms. The topological polar surface area (TPSA) is 41.8 Å². The molecular weight excluding hydrogens is 292 g/mol. The Morgan fingerprint density at radius 1 is 1.04 bits per heavy atom. The first-order chi connectivity index (χ1) is 11.7. The minimum Gasteiger partial charge on any atom is -0.354 e. The Balaban J connectivity index is 2.10. The van der Waals surface area contributed by atoms with E-state index in [1.54, 1.807) is 0 Å². The first-order valence-corrected chi connectivity index (χ1v) is 9.14. The molecule has 3 rings (SSSR count). The van der Waals surface area contributed by atoms with E-state index >= 15 is 0 Å². The fourth-order valence-corrected chi connectivity index (χ4v) is 3.36. The van der Waals surface area contributed by atoms with E-state index in [-0.39, 0.29) is 0 Å². The van der Waals surface area contributed by atoms with E-state index in [0.29, 0.717) is 5.92 Å². The number of aromatic amines is 1. The molecule has 0 fully saturated rings. The molecule has 0 aliphatic rings. The number of nitrogens with two attached hydrogens (primary N) is 1. The van der Waals surface area contributed by atoms with Gasteiger partial charge < -0.3 is 10.7 Å². The molecule has 1 atom stereocenters. The van der Waals surface area contributed by atoms with Crippen molar-refractivity contribution in [2.45, 2.75) is 45.4 Å². The van der Waals surface area contributed by atoms with Crippen LogP contribution in [0.1, 0.15) is 50.2 Å². The fourth-order valence-electron chi connectivity index (χ4n) is 3.36. The van der Waals surface area contributed by atoms with Gasteiger partial charge >= 0.3 is 0 Å². The van der Waals surface area contributed by atoms with Crippen molar-refractivity contribution in [3.8, 4) is 11.3 Å². The van der Waals surface area contributed by atoms with Crippen molar-refractivity contribution in [1.29, 1.82) is 0 Å². The monoisotopic (exact) mass is 320 g/mol. The zero-order valence-corrected chi connectivity index (χ0v) is 14.8. The number of hydrogen-bond acceptors (Lipinski definition) is 1. The molecule has 1 heterocycles. The normalized spacial score (nSPS) is 12.6. The van der Waals surface area contributed by atoms with E-state index in [9.17, 15) is 0 Å². The number of aryl methyl sites for hydroxylation is 1. The highest BCUT2D eigenvalue weighted by atomic mass is 14.7. The quantitative estimate of drug-likeness (QED) is 0.544. The summed E-state index contributed by atoms with van der Waals surface area (Å²) in [7, 11) is 0. The Morgan fingerprint density at radius 3 is 2.54 bits per heavy atom. The molecule has 0 amide bonds. The summed E-state index contributed by atoms with van der Waals surface area (Å²) in [4.78, 5) is 3.66. The first-order valence-electron chi connectivity index (χ1n) is 9.14. The number of fused-ring (bicyclic) bond motifs is 1. The first kappa shape index (κ1) is 16.8. The fraction of sp³-hybridized carbons (Fsp3) is 0.364. The van der Waals surface area contributed by atoms with Crippen LogP contribution in [-0.4, -0.2) is 11.5 Å². The molecule has 0 aliphatic carbocycles. The summed E-state index contributed by atoms with van der Waals surface area (Å²) < 4.78 is 0. The van der Waals surface area contributed by atoms with Crippen LogP contribution >= 0.6 is 0 Å². The average molecular weight is 320 g/mol. The van der Waals surface area contributed by atoms with Crippen LogP contribution in [0.25, 0.3) is 22.2 Å². The maximum Gasteiger partial charge on any atom is 0.0497 e. The molecule has 2 heteroatoms. The summed E-state index contributed by atoms with van der Waals surface area (Å²) >= 11 is 0. The molecular formula is C22H28N2. The molecule has 126 valence electrons. The van der Waals surface area contributed by atoms with Crippen LogP contribution in [-0.2, 0) is 6.42 Å². The Morgan fingerprint density at radius 2 is 1.83 bits per heavy atom. The Kier molecular flexibility index (Phi) is 5.37. The lowest BCUT2D eigenvalue weighted by Gasteiger charge is -2.10. The molecule has 0 radical (unpaired) electrons. The third-order valence-electron chi connectivity index (χ3n) is 5.05. The van der Waals surface area contributed by atoms with Gasteiger partial charge in [0.15, 0.2) is 0 Å². The molecule has 0 spiro atoms. The summed E-state index contributed by atoms with van der Waals surface area (Å²) in [6.45, 7) is 5.32. The van der Waals surface area contributed by atoms with Crippen molar-refractivity contribution in [3.63, 3.8) is 0 Å². The lowest BCUT2D eigenvalue weighted by molar-refractivity contribution is 0.734. The lowest BCUT2D eigenvalue weighted by Crippen LogP contribution is -1.99. The van der Waals surface area contributed by atoms with E-state index in [0.717, 1.165) is 25.8 Å². The second-order valence-corrected chi connectivity index (χ2v) is 6.70. The molecule has 3 N–H and O–H groups in total. The highest BCUT2D eigenvalue weighted by Gasteiger charge is 2.14. The van der Waals surface area contributed by atoms with Gasteiger partial charge in [-0.25, -0.2) is 0 Å². The zero-order valence-electron chi connectivity index (χ0n) is 14.8. The van der Waals surface area contributed by atoms with Gasteiger partial charge in [0.1, 0.15) is 0 Å². The predicted octanol–water partition coefficient (Wildman–Crippen LogP) is 5.63. The Labute approximate surface area is 145 Å². The van der Waals surface area contributed by atoms with E-state index in [1.165, 1.54) is 39.7 Å². The van der Waals surface area contributed by atoms with E-state index in [1.807, 2.05) is 0 Å². The van der Waals surface area contributed by atoms with Gasteiger partial charge in [-0.3, -0.25) is 0 Å². The van der Waals surface area contributed by atoms with Crippen molar-refractivity contribution < 1.29 is 0 Å². The van der Waals surface area contributed by atoms with Crippen molar-refractivity contribution >= 4 is 10.9 Å². The van der Waals surface area contributed by atoms with Crippen LogP contribution in [0.2, 0.25) is 0 Å². The van der Waals surface area contributed by atoms with E-state index < -0.39 is 0 Å². The summed E-state index contributed by atoms with van der Waals surface area (Å²) in [6, 6.07) is 17.6. The zero-order chi connectivity index (χ0) is 16.9. The summed E-state index contributed by atoms with van der Waals surface area (Å²) in [5.74, 6) is 0.598.